The highest BCUT2D eigenvalue weighted by Crippen LogP contribution is 2.41. The molecule has 1 aromatic carbocycles. The van der Waals surface area contributed by atoms with E-state index in [9.17, 15) is 27.5 Å². The summed E-state index contributed by atoms with van der Waals surface area (Å²) in [5.41, 5.74) is -2.75. The molecule has 1 aromatic heterocycles. The zero-order chi connectivity index (χ0) is 22.1. The zero-order valence-electron chi connectivity index (χ0n) is 15.5. The third kappa shape index (κ3) is 4.95. The van der Waals surface area contributed by atoms with Crippen LogP contribution in [0.3, 0.4) is 0 Å². The van der Waals surface area contributed by atoms with Gasteiger partial charge >= 0.3 is 6.18 Å². The molecule has 1 aliphatic carbocycles. The predicted molar refractivity (Wildman–Crippen MR) is 107 cm³/mol. The van der Waals surface area contributed by atoms with E-state index in [4.69, 9.17) is 11.6 Å². The third-order valence-electron chi connectivity index (χ3n) is 5.19. The molecule has 1 atom stereocenters. The Morgan fingerprint density at radius 1 is 1.30 bits per heavy atom. The van der Waals surface area contributed by atoms with Gasteiger partial charge in [0.2, 0.25) is 0 Å². The van der Waals surface area contributed by atoms with E-state index in [0.717, 1.165) is 6.20 Å². The molecule has 1 saturated carbocycles. The zero-order valence-corrected chi connectivity index (χ0v) is 17.9. The first-order valence-electron chi connectivity index (χ1n) is 9.16. The minimum absolute atomic E-state index is 0.0787. The van der Waals surface area contributed by atoms with Crippen molar-refractivity contribution < 1.29 is 27.5 Å². The number of aromatic nitrogens is 1. The molecular weight excluding hydrogens is 492 g/mol. The van der Waals surface area contributed by atoms with Gasteiger partial charge in [0, 0.05) is 10.7 Å². The van der Waals surface area contributed by atoms with Gasteiger partial charge in [-0.15, -0.1) is 0 Å². The van der Waals surface area contributed by atoms with Crippen LogP contribution in [0.1, 0.15) is 53.3 Å². The molecule has 0 saturated heterocycles. The summed E-state index contributed by atoms with van der Waals surface area (Å²) in [6, 6.07) is 6.46. The van der Waals surface area contributed by atoms with Crippen LogP contribution in [0.4, 0.5) is 17.6 Å². The van der Waals surface area contributed by atoms with Crippen molar-refractivity contribution in [2.24, 2.45) is 0 Å². The Morgan fingerprint density at radius 2 is 1.97 bits per heavy atom. The van der Waals surface area contributed by atoms with Gasteiger partial charge in [0.05, 0.1) is 22.2 Å². The molecule has 0 bridgehead atoms. The molecule has 0 unspecified atom stereocenters. The molecule has 162 valence electrons. The van der Waals surface area contributed by atoms with Gasteiger partial charge in [0.25, 0.3) is 5.91 Å². The van der Waals surface area contributed by atoms with E-state index < -0.39 is 46.2 Å². The first-order valence-corrected chi connectivity index (χ1v) is 10.3. The van der Waals surface area contributed by atoms with Crippen LogP contribution in [-0.2, 0) is 6.18 Å². The van der Waals surface area contributed by atoms with Crippen LogP contribution < -0.4 is 5.32 Å². The summed E-state index contributed by atoms with van der Waals surface area (Å²) in [4.78, 5) is 16.5. The maximum atomic E-state index is 13.7. The summed E-state index contributed by atoms with van der Waals surface area (Å²) in [7, 11) is 0. The fourth-order valence-electron chi connectivity index (χ4n) is 3.61. The lowest BCUT2D eigenvalue weighted by molar-refractivity contribution is -0.137. The van der Waals surface area contributed by atoms with Crippen LogP contribution in [0.2, 0.25) is 5.02 Å². The molecule has 2 aromatic rings. The standard InChI is InChI=1S/C20H18BrClF4N2O2/c21-12-3-1-2-11(10-12)17(19(30)7-4-13(23)5-8-19)28-18(29)16-15(22)14(6-9-27-16)20(24,25)26/h1-3,6,9-10,13,17,30H,4-5,7-8H2,(H,28,29)/t13-,17-,19-/m0/s1. The summed E-state index contributed by atoms with van der Waals surface area (Å²) < 4.78 is 53.7. The number of rotatable bonds is 4. The molecule has 0 spiro atoms. The Balaban J connectivity index is 1.97. The van der Waals surface area contributed by atoms with Crippen LogP contribution in [0.15, 0.2) is 41.0 Å². The number of pyridine rings is 1. The molecule has 10 heteroatoms. The molecule has 0 aliphatic heterocycles. The summed E-state index contributed by atoms with van der Waals surface area (Å²) in [5, 5.41) is 13.0. The van der Waals surface area contributed by atoms with Gasteiger partial charge < -0.3 is 10.4 Å². The molecule has 4 nitrogen and oxygen atoms in total. The average Bonchev–Trinajstić information content (AvgIpc) is 2.67. The number of nitrogens with zero attached hydrogens (tertiary/aromatic N) is 1. The van der Waals surface area contributed by atoms with Gasteiger partial charge in [-0.2, -0.15) is 13.2 Å². The Morgan fingerprint density at radius 3 is 2.57 bits per heavy atom. The molecule has 1 heterocycles. The average molecular weight is 510 g/mol. The monoisotopic (exact) mass is 508 g/mol. The Kier molecular flexibility index (Phi) is 6.74. The maximum absolute atomic E-state index is 13.7. The fraction of sp³-hybridized carbons (Fsp3) is 0.400. The molecule has 2 N–H and O–H groups in total. The lowest BCUT2D eigenvalue weighted by atomic mass is 9.76. The van der Waals surface area contributed by atoms with Gasteiger partial charge in [-0.25, -0.2) is 9.37 Å². The summed E-state index contributed by atoms with van der Waals surface area (Å²) in [5.74, 6) is -0.966. The SMILES string of the molecule is O=C(N[C@@H](c1cccc(Br)c1)[C@]1(O)CC[C@H](F)CC1)c1nccc(C(F)(F)F)c1Cl. The number of carbonyl (C=O) groups excluding carboxylic acids is 1. The number of alkyl halides is 4. The Labute approximate surface area is 183 Å². The fourth-order valence-corrected chi connectivity index (χ4v) is 4.33. The van der Waals surface area contributed by atoms with E-state index >= 15 is 0 Å². The van der Waals surface area contributed by atoms with Crippen LogP contribution in [0, 0.1) is 0 Å². The van der Waals surface area contributed by atoms with Crippen molar-refractivity contribution in [3.63, 3.8) is 0 Å². The van der Waals surface area contributed by atoms with Crippen molar-refractivity contribution in [2.45, 2.75) is 49.7 Å². The second-order valence-electron chi connectivity index (χ2n) is 7.26. The number of halogens is 6. The molecule has 3 rings (SSSR count). The highest BCUT2D eigenvalue weighted by atomic mass is 79.9. The van der Waals surface area contributed by atoms with Crippen LogP contribution in [0.5, 0.6) is 0 Å². The number of carbonyl (C=O) groups is 1. The summed E-state index contributed by atoms with van der Waals surface area (Å²) in [6.45, 7) is 0. The topological polar surface area (TPSA) is 62.2 Å². The van der Waals surface area contributed by atoms with Gasteiger partial charge in [0.15, 0.2) is 0 Å². The number of hydrogen-bond donors (Lipinski definition) is 2. The van der Waals surface area contributed by atoms with Crippen LogP contribution in [-0.4, -0.2) is 27.8 Å². The lowest BCUT2D eigenvalue weighted by Gasteiger charge is -2.40. The van der Waals surface area contributed by atoms with E-state index in [2.05, 4.69) is 26.2 Å². The maximum Gasteiger partial charge on any atom is 0.417 e. The van der Waals surface area contributed by atoms with E-state index in [1.165, 1.54) is 0 Å². The lowest BCUT2D eigenvalue weighted by Crippen LogP contribution is -2.48. The second-order valence-corrected chi connectivity index (χ2v) is 8.55. The van der Waals surface area contributed by atoms with Crippen LogP contribution in [0.25, 0.3) is 0 Å². The first kappa shape index (κ1) is 23.0. The smallest absolute Gasteiger partial charge is 0.387 e. The van der Waals surface area contributed by atoms with Crippen molar-refractivity contribution in [3.8, 4) is 0 Å². The normalized spacial score (nSPS) is 23.1. The van der Waals surface area contributed by atoms with Crippen LogP contribution >= 0.6 is 27.5 Å². The van der Waals surface area contributed by atoms with Crippen molar-refractivity contribution in [3.05, 3.63) is 62.8 Å². The Bertz CT molecular complexity index is 933. The van der Waals surface area contributed by atoms with E-state index in [1.54, 1.807) is 24.3 Å². The van der Waals surface area contributed by atoms with E-state index in [1.807, 2.05) is 0 Å². The number of hydrogen-bond acceptors (Lipinski definition) is 3. The molecule has 1 fully saturated rings. The number of amides is 1. The molecule has 1 amide bonds. The van der Waals surface area contributed by atoms with Gasteiger partial charge in [-0.3, -0.25) is 4.79 Å². The summed E-state index contributed by atoms with van der Waals surface area (Å²) in [6.07, 6.45) is -4.58. The van der Waals surface area contributed by atoms with Crippen molar-refractivity contribution >= 4 is 33.4 Å². The van der Waals surface area contributed by atoms with Crippen molar-refractivity contribution in [2.75, 3.05) is 0 Å². The summed E-state index contributed by atoms with van der Waals surface area (Å²) >= 11 is 9.14. The predicted octanol–water partition coefficient (Wildman–Crippen LogP) is 5.63. The second kappa shape index (κ2) is 8.80. The quantitative estimate of drug-likeness (QED) is 0.525. The molecule has 1 aliphatic rings. The number of nitrogens with one attached hydrogen (secondary N) is 1. The van der Waals surface area contributed by atoms with Gasteiger partial charge in [0.1, 0.15) is 11.9 Å². The highest BCUT2D eigenvalue weighted by molar-refractivity contribution is 9.10. The Hall–Kier alpha value is -1.71. The molecule has 0 radical (unpaired) electrons. The van der Waals surface area contributed by atoms with E-state index in [-0.39, 0.29) is 25.7 Å². The van der Waals surface area contributed by atoms with Gasteiger partial charge in [-0.1, -0.05) is 39.7 Å². The minimum atomic E-state index is -4.75. The van der Waals surface area contributed by atoms with E-state index in [0.29, 0.717) is 16.1 Å². The minimum Gasteiger partial charge on any atom is -0.387 e. The van der Waals surface area contributed by atoms with Gasteiger partial charge in [-0.05, 0) is 49.4 Å². The number of benzene rings is 1. The number of aliphatic hydroxyl groups is 1. The highest BCUT2D eigenvalue weighted by Gasteiger charge is 2.43. The first-order chi connectivity index (χ1) is 14.0. The van der Waals surface area contributed by atoms with Crippen molar-refractivity contribution in [1.29, 1.82) is 0 Å². The van der Waals surface area contributed by atoms with Crippen molar-refractivity contribution in [1.82, 2.24) is 10.3 Å². The molecular formula is C20H18BrClF4N2O2. The third-order valence-corrected chi connectivity index (χ3v) is 6.06. The largest absolute Gasteiger partial charge is 0.417 e. The molecule has 30 heavy (non-hydrogen) atoms.